The number of hydrogen-bond donors (Lipinski definition) is 4. The van der Waals surface area contributed by atoms with Crippen molar-refractivity contribution in [3.05, 3.63) is 47.2 Å². The molecule has 17 nitrogen and oxygen atoms in total. The Morgan fingerprint density at radius 2 is 1.51 bits per heavy atom. The summed E-state index contributed by atoms with van der Waals surface area (Å²) in [6.45, 7) is 1.68. The maximum Gasteiger partial charge on any atom is 0.338 e. The summed E-state index contributed by atoms with van der Waals surface area (Å²) < 4.78 is 39.1. The number of rotatable bonds is 8. The van der Waals surface area contributed by atoms with Gasteiger partial charge in [-0.1, -0.05) is 0 Å². The Kier molecular flexibility index (Phi) is 10.9. The number of fused-ring (bicyclic) bond motifs is 6. The second kappa shape index (κ2) is 15.6. The molecule has 7 N–H and O–H groups in total. The molecule has 0 amide bonds. The van der Waals surface area contributed by atoms with Gasteiger partial charge in [0.2, 0.25) is 23.6 Å². The number of nitrogens with one attached hydrogen (secondary N) is 1. The van der Waals surface area contributed by atoms with Gasteiger partial charge < -0.3 is 55.3 Å². The lowest BCUT2D eigenvalue weighted by atomic mass is 9.63. The Labute approximate surface area is 306 Å². The minimum atomic E-state index is -0.670. The van der Waals surface area contributed by atoms with Crippen LogP contribution in [0, 0.1) is 17.8 Å². The zero-order valence-electron chi connectivity index (χ0n) is 30.6. The van der Waals surface area contributed by atoms with Gasteiger partial charge in [0.15, 0.2) is 11.5 Å². The van der Waals surface area contributed by atoms with Crippen LogP contribution in [0.5, 0.6) is 23.0 Å². The first-order valence-electron chi connectivity index (χ1n) is 17.1. The normalized spacial score (nSPS) is 23.3. The number of aromatic amines is 1. The lowest BCUT2D eigenvalue weighted by molar-refractivity contribution is -0.176. The summed E-state index contributed by atoms with van der Waals surface area (Å²) in [5, 5.41) is 1.21. The molecule has 1 aliphatic carbocycles. The molecule has 0 unspecified atom stereocenters. The van der Waals surface area contributed by atoms with E-state index in [4.69, 9.17) is 50.4 Å². The van der Waals surface area contributed by atoms with Gasteiger partial charge in [0.05, 0.1) is 53.1 Å². The van der Waals surface area contributed by atoms with E-state index >= 15 is 0 Å². The summed E-state index contributed by atoms with van der Waals surface area (Å²) in [6.07, 6.45) is 0.920. The Morgan fingerprint density at radius 1 is 0.849 bits per heavy atom. The van der Waals surface area contributed by atoms with Gasteiger partial charge in [-0.3, -0.25) is 9.69 Å². The highest BCUT2D eigenvalue weighted by molar-refractivity contribution is 5.91. The first kappa shape index (κ1) is 37.2. The number of esters is 2. The molecule has 2 aromatic carbocycles. The van der Waals surface area contributed by atoms with Crippen LogP contribution in [-0.4, -0.2) is 105 Å². The standard InChI is InChI=1S/C33H40N2O9.C3H6N6/c1-38-19-7-8-20-21-9-10-35-16-18-13-27(44-32(36)17-11-25(39-2)30(41-4)26(12-17)40-3)31(42-5)28(33(37)43-6)22(18)15-24(35)29(21)34-23(20)14-19;4-1-7-2(5)9-3(6)8-1/h7-8,11-12,14,18,22,24,27-28,31,34H,9-10,13,15-16H2,1-6H3;(H6,4,5,6,7,8,9)/t18-,22+,24-,27-,28+,31+;/m1./s1. The number of nitrogens with zero attached hydrogens (tertiary/aromatic N) is 4. The van der Waals surface area contributed by atoms with Gasteiger partial charge in [-0.05, 0) is 60.9 Å². The quantitative estimate of drug-likeness (QED) is 0.191. The van der Waals surface area contributed by atoms with E-state index in [0.717, 1.165) is 37.2 Å². The summed E-state index contributed by atoms with van der Waals surface area (Å²) >= 11 is 0. The van der Waals surface area contributed by atoms with Gasteiger partial charge in [0, 0.05) is 42.9 Å². The van der Waals surface area contributed by atoms with Crippen LogP contribution in [0.15, 0.2) is 30.3 Å². The largest absolute Gasteiger partial charge is 0.497 e. The topological polar surface area (TPSA) is 235 Å². The number of carbonyl (C=O) groups excluding carboxylic acids is 2. The average Bonchev–Trinajstić information content (AvgIpc) is 3.53. The molecule has 1 saturated heterocycles. The monoisotopic (exact) mass is 734 g/mol. The molecule has 2 aromatic heterocycles. The number of aromatic nitrogens is 4. The number of carbonyl (C=O) groups is 2. The van der Waals surface area contributed by atoms with E-state index in [9.17, 15) is 9.59 Å². The molecule has 3 aliphatic rings. The highest BCUT2D eigenvalue weighted by Crippen LogP contribution is 2.51. The number of benzene rings is 2. The minimum absolute atomic E-state index is 0.0170. The smallest absolute Gasteiger partial charge is 0.338 e. The molecular formula is C36H46N8O9. The Bertz CT molecular complexity index is 1900. The van der Waals surface area contributed by atoms with Gasteiger partial charge in [-0.25, -0.2) is 4.79 Å². The highest BCUT2D eigenvalue weighted by atomic mass is 16.6. The van der Waals surface area contributed by atoms with E-state index in [0.29, 0.717) is 23.7 Å². The zero-order chi connectivity index (χ0) is 38.0. The van der Waals surface area contributed by atoms with Crippen LogP contribution in [0.1, 0.15) is 40.5 Å². The maximum absolute atomic E-state index is 13.5. The fourth-order valence-corrected chi connectivity index (χ4v) is 8.19. The van der Waals surface area contributed by atoms with Gasteiger partial charge in [-0.2, -0.15) is 15.0 Å². The maximum atomic E-state index is 13.5. The minimum Gasteiger partial charge on any atom is -0.497 e. The molecule has 53 heavy (non-hydrogen) atoms. The van der Waals surface area contributed by atoms with Crippen molar-refractivity contribution in [2.75, 3.05) is 72.9 Å². The van der Waals surface area contributed by atoms with Crippen molar-refractivity contribution >= 4 is 40.7 Å². The summed E-state index contributed by atoms with van der Waals surface area (Å²) in [4.78, 5) is 43.6. The molecule has 2 fully saturated rings. The highest BCUT2D eigenvalue weighted by Gasteiger charge is 2.54. The Balaban J connectivity index is 0.000000468. The molecule has 17 heteroatoms. The molecule has 6 atom stereocenters. The van der Waals surface area contributed by atoms with Gasteiger partial charge in [-0.15, -0.1) is 0 Å². The lowest BCUT2D eigenvalue weighted by Gasteiger charge is -2.52. The van der Waals surface area contributed by atoms with Gasteiger partial charge in [0.25, 0.3) is 0 Å². The fourth-order valence-electron chi connectivity index (χ4n) is 8.19. The van der Waals surface area contributed by atoms with Crippen LogP contribution in [-0.2, 0) is 25.4 Å². The molecule has 1 saturated carbocycles. The third-order valence-corrected chi connectivity index (χ3v) is 10.4. The van der Waals surface area contributed by atoms with E-state index in [1.165, 1.54) is 45.1 Å². The molecule has 0 spiro atoms. The number of hydrogen-bond acceptors (Lipinski definition) is 16. The van der Waals surface area contributed by atoms with Crippen LogP contribution in [0.4, 0.5) is 17.8 Å². The van der Waals surface area contributed by atoms with Crippen molar-refractivity contribution in [1.29, 1.82) is 0 Å². The summed E-state index contributed by atoms with van der Waals surface area (Å²) in [5.74, 6) is 0.566. The molecule has 0 bridgehead atoms. The number of piperidine rings is 1. The molecule has 284 valence electrons. The molecular weight excluding hydrogens is 688 g/mol. The first-order valence-corrected chi connectivity index (χ1v) is 17.1. The van der Waals surface area contributed by atoms with Crippen molar-refractivity contribution < 1.29 is 42.7 Å². The van der Waals surface area contributed by atoms with E-state index in [1.807, 2.05) is 12.1 Å². The van der Waals surface area contributed by atoms with Crippen molar-refractivity contribution in [3.63, 3.8) is 0 Å². The molecule has 2 aliphatic heterocycles. The first-order chi connectivity index (χ1) is 25.5. The van der Waals surface area contributed by atoms with Crippen molar-refractivity contribution in [2.45, 2.75) is 37.5 Å². The average molecular weight is 735 g/mol. The molecule has 0 radical (unpaired) electrons. The van der Waals surface area contributed by atoms with Crippen LogP contribution in [0.2, 0.25) is 0 Å². The van der Waals surface area contributed by atoms with Crippen molar-refractivity contribution in [3.8, 4) is 23.0 Å². The molecule has 4 heterocycles. The second-order valence-electron chi connectivity index (χ2n) is 13.1. The predicted molar refractivity (Wildman–Crippen MR) is 194 cm³/mol. The summed E-state index contributed by atoms with van der Waals surface area (Å²) in [5.41, 5.74) is 19.2. The van der Waals surface area contributed by atoms with E-state index in [1.54, 1.807) is 26.4 Å². The number of nitrogen functional groups attached to an aromatic ring is 3. The van der Waals surface area contributed by atoms with Crippen molar-refractivity contribution in [2.24, 2.45) is 17.8 Å². The van der Waals surface area contributed by atoms with Crippen LogP contribution < -0.4 is 36.1 Å². The van der Waals surface area contributed by atoms with E-state index in [2.05, 4.69) is 30.9 Å². The lowest BCUT2D eigenvalue weighted by Crippen LogP contribution is -2.58. The molecule has 7 rings (SSSR count). The third-order valence-electron chi connectivity index (χ3n) is 10.4. The van der Waals surface area contributed by atoms with E-state index in [-0.39, 0.29) is 47.3 Å². The third kappa shape index (κ3) is 7.26. The van der Waals surface area contributed by atoms with Gasteiger partial charge >= 0.3 is 11.9 Å². The predicted octanol–water partition coefficient (Wildman–Crippen LogP) is 2.79. The van der Waals surface area contributed by atoms with Crippen LogP contribution >= 0.6 is 0 Å². The number of nitrogens with two attached hydrogens (primary N) is 3. The molecule has 4 aromatic rings. The number of H-pyrrole nitrogens is 1. The number of anilines is 3. The second-order valence-corrected chi connectivity index (χ2v) is 13.1. The number of ether oxygens (including phenoxy) is 7. The SMILES string of the molecule is COC(=O)[C@H]1[C@H]2C[C@@H]3c4[nH]c5cc(OC)ccc5c4CCN3C[C@H]2C[C@@H](OC(=O)c2cc(OC)c(OC)c(OC)c2)[C@@H]1OC.Nc1nc(N)nc(N)n1. The summed E-state index contributed by atoms with van der Waals surface area (Å²) in [6, 6.07) is 9.40. The summed E-state index contributed by atoms with van der Waals surface area (Å²) in [7, 11) is 9.10. The fraction of sp³-hybridized carbons (Fsp3) is 0.472. The van der Waals surface area contributed by atoms with E-state index < -0.39 is 24.1 Å². The zero-order valence-corrected chi connectivity index (χ0v) is 30.6. The van der Waals surface area contributed by atoms with Crippen LogP contribution in [0.3, 0.4) is 0 Å². The Hall–Kier alpha value is -5.55. The van der Waals surface area contributed by atoms with Crippen molar-refractivity contribution in [1.82, 2.24) is 24.8 Å². The van der Waals surface area contributed by atoms with Crippen LogP contribution in [0.25, 0.3) is 10.9 Å². The number of methoxy groups -OCH3 is 6. The van der Waals surface area contributed by atoms with Gasteiger partial charge in [0.1, 0.15) is 18.0 Å². The Morgan fingerprint density at radius 3 is 2.08 bits per heavy atom.